The maximum Gasteiger partial charge on any atom is 0.302 e. The van der Waals surface area contributed by atoms with Gasteiger partial charge < -0.3 is 4.74 Å². The molecule has 0 spiro atoms. The number of carbonyl (C=O) groups is 1. The number of rotatable bonds is 2. The van der Waals surface area contributed by atoms with Crippen LogP contribution in [-0.2, 0) is 9.53 Å². The van der Waals surface area contributed by atoms with E-state index >= 15 is 0 Å². The van der Waals surface area contributed by atoms with Crippen LogP contribution < -0.4 is 0 Å². The number of esters is 1. The Bertz CT molecular complexity index is 82.1. The Balaban J connectivity index is 3.05. The summed E-state index contributed by atoms with van der Waals surface area (Å²) < 4.78 is 4.64. The van der Waals surface area contributed by atoms with Crippen molar-refractivity contribution in [1.29, 1.82) is 0 Å². The Morgan fingerprint density at radius 1 is 1.75 bits per heavy atom. The minimum atomic E-state index is -0.256. The van der Waals surface area contributed by atoms with Crippen LogP contribution >= 0.6 is 31.9 Å². The Kier molecular flexibility index (Phi) is 4.56. The van der Waals surface area contributed by atoms with E-state index in [1.54, 1.807) is 0 Å². The van der Waals surface area contributed by atoms with Gasteiger partial charge in [-0.15, -0.1) is 0 Å². The predicted molar refractivity (Wildman–Crippen MR) is 38.3 cm³/mol. The molecule has 2 nitrogen and oxygen atoms in total. The third-order valence-corrected chi connectivity index (χ3v) is 0.941. The molecule has 48 valence electrons. The molecule has 0 N–H and O–H groups in total. The molecule has 4 heteroatoms. The zero-order chi connectivity index (χ0) is 6.57. The summed E-state index contributed by atoms with van der Waals surface area (Å²) in [7, 11) is 0. The van der Waals surface area contributed by atoms with E-state index in [0.717, 1.165) is 0 Å². The molecule has 0 atom stereocenters. The lowest BCUT2D eigenvalue weighted by Gasteiger charge is -1.99. The second kappa shape index (κ2) is 4.32. The number of alkyl halides is 2. The second-order valence-corrected chi connectivity index (χ2v) is 4.63. The fraction of sp³-hybridized carbons (Fsp3) is 0.750. The topological polar surface area (TPSA) is 26.3 Å². The lowest BCUT2D eigenvalue weighted by atomic mass is 10.8. The quantitative estimate of drug-likeness (QED) is 0.547. The van der Waals surface area contributed by atoms with E-state index < -0.39 is 0 Å². The van der Waals surface area contributed by atoms with Crippen LogP contribution in [-0.4, -0.2) is 16.3 Å². The largest absolute Gasteiger partial charge is 0.464 e. The van der Waals surface area contributed by atoms with Crippen molar-refractivity contribution in [3.63, 3.8) is 0 Å². The first-order valence-corrected chi connectivity index (χ1v) is 3.87. The first kappa shape index (κ1) is 8.43. The normalized spacial score (nSPS) is 9.50. The van der Waals surface area contributed by atoms with Gasteiger partial charge in [-0.1, -0.05) is 31.9 Å². The zero-order valence-electron chi connectivity index (χ0n) is 4.36. The number of hydrogen-bond donors (Lipinski definition) is 0. The average molecular weight is 246 g/mol. The van der Waals surface area contributed by atoms with Crippen molar-refractivity contribution in [1.82, 2.24) is 0 Å². The number of hydrogen-bond acceptors (Lipinski definition) is 2. The van der Waals surface area contributed by atoms with Gasteiger partial charge in [0, 0.05) is 6.92 Å². The molecular formula is C4H6Br2O2. The highest BCUT2D eigenvalue weighted by Crippen LogP contribution is 2.07. The van der Waals surface area contributed by atoms with Gasteiger partial charge >= 0.3 is 5.97 Å². The molecule has 0 rings (SSSR count). The van der Waals surface area contributed by atoms with E-state index in [0.29, 0.717) is 6.61 Å². The number of ether oxygens (including phenoxy) is 1. The van der Waals surface area contributed by atoms with Gasteiger partial charge in [-0.3, -0.25) is 4.79 Å². The molecule has 0 aliphatic carbocycles. The third kappa shape index (κ3) is 6.43. The van der Waals surface area contributed by atoms with E-state index in [1.165, 1.54) is 6.92 Å². The van der Waals surface area contributed by atoms with Gasteiger partial charge in [-0.2, -0.15) is 0 Å². The summed E-state index contributed by atoms with van der Waals surface area (Å²) in [5.74, 6) is -0.256. The molecule has 0 unspecified atom stereocenters. The first-order chi connectivity index (χ1) is 3.63. The fourth-order valence-corrected chi connectivity index (χ4v) is 0.445. The van der Waals surface area contributed by atoms with Crippen LogP contribution in [0.1, 0.15) is 6.92 Å². The molecule has 0 amide bonds. The molecule has 0 radical (unpaired) electrons. The monoisotopic (exact) mass is 244 g/mol. The number of halogens is 2. The molecule has 0 saturated heterocycles. The second-order valence-electron chi connectivity index (χ2n) is 1.19. The van der Waals surface area contributed by atoms with Crippen LogP contribution in [0.25, 0.3) is 0 Å². The van der Waals surface area contributed by atoms with E-state index in [9.17, 15) is 4.79 Å². The lowest BCUT2D eigenvalue weighted by molar-refractivity contribution is -0.140. The van der Waals surface area contributed by atoms with Crippen molar-refractivity contribution >= 4 is 37.8 Å². The number of carbonyl (C=O) groups excluding carboxylic acids is 1. The van der Waals surface area contributed by atoms with Crippen LogP contribution in [0.5, 0.6) is 0 Å². The summed E-state index contributed by atoms with van der Waals surface area (Å²) in [5, 5.41) is 0. The summed E-state index contributed by atoms with van der Waals surface area (Å²) in [5.41, 5.74) is 0. The van der Waals surface area contributed by atoms with Crippen molar-refractivity contribution < 1.29 is 9.53 Å². The lowest BCUT2D eigenvalue weighted by Crippen LogP contribution is -2.05. The van der Waals surface area contributed by atoms with Gasteiger partial charge in [0.25, 0.3) is 0 Å². The van der Waals surface area contributed by atoms with E-state index in [-0.39, 0.29) is 9.71 Å². The van der Waals surface area contributed by atoms with Crippen LogP contribution in [0.15, 0.2) is 0 Å². The van der Waals surface area contributed by atoms with Crippen molar-refractivity contribution in [2.45, 2.75) is 10.7 Å². The van der Waals surface area contributed by atoms with Gasteiger partial charge in [0.2, 0.25) is 0 Å². The smallest absolute Gasteiger partial charge is 0.302 e. The first-order valence-electron chi connectivity index (χ1n) is 2.04. The molecule has 0 fully saturated rings. The molecule has 0 bridgehead atoms. The van der Waals surface area contributed by atoms with E-state index in [1.807, 2.05) is 0 Å². The molecule has 0 saturated carbocycles. The van der Waals surface area contributed by atoms with Crippen molar-refractivity contribution in [3.8, 4) is 0 Å². The molecule has 0 aliphatic heterocycles. The molecule has 0 aromatic heterocycles. The minimum Gasteiger partial charge on any atom is -0.464 e. The molecule has 0 aromatic rings. The predicted octanol–water partition coefficient (Wildman–Crippen LogP) is 1.67. The van der Waals surface area contributed by atoms with Gasteiger partial charge in [-0.05, 0) is 0 Å². The Hall–Kier alpha value is 0.430. The molecule has 0 aliphatic rings. The maximum atomic E-state index is 10.1. The Morgan fingerprint density at radius 2 is 2.25 bits per heavy atom. The van der Waals surface area contributed by atoms with Crippen molar-refractivity contribution in [3.05, 3.63) is 0 Å². The van der Waals surface area contributed by atoms with E-state index in [4.69, 9.17) is 0 Å². The SMILES string of the molecule is CC(=O)OCC(Br)Br. The van der Waals surface area contributed by atoms with Gasteiger partial charge in [0.1, 0.15) is 10.3 Å². The van der Waals surface area contributed by atoms with Crippen LogP contribution in [0.2, 0.25) is 0 Å². The third-order valence-electron chi connectivity index (χ3n) is 0.413. The van der Waals surface area contributed by atoms with E-state index in [2.05, 4.69) is 36.6 Å². The highest BCUT2D eigenvalue weighted by atomic mass is 79.9. The van der Waals surface area contributed by atoms with Gasteiger partial charge in [0.05, 0.1) is 0 Å². The van der Waals surface area contributed by atoms with Crippen molar-refractivity contribution in [2.24, 2.45) is 0 Å². The summed E-state index contributed by atoms with van der Waals surface area (Å²) >= 11 is 6.28. The van der Waals surface area contributed by atoms with Crippen LogP contribution in [0.4, 0.5) is 0 Å². The summed E-state index contributed by atoms with van der Waals surface area (Å²) in [4.78, 5) is 10.1. The van der Waals surface area contributed by atoms with Gasteiger partial charge in [0.15, 0.2) is 0 Å². The van der Waals surface area contributed by atoms with Gasteiger partial charge in [-0.25, -0.2) is 0 Å². The summed E-state index contributed by atoms with van der Waals surface area (Å²) in [6.07, 6.45) is 0. The highest BCUT2D eigenvalue weighted by molar-refractivity contribution is 9.24. The highest BCUT2D eigenvalue weighted by Gasteiger charge is 1.98. The standard InChI is InChI=1S/C4H6Br2O2/c1-3(7)8-2-4(5)6/h4H,2H2,1H3. The summed E-state index contributed by atoms with van der Waals surface area (Å²) in [6.45, 7) is 1.75. The molecule has 0 heterocycles. The minimum absolute atomic E-state index is 0.0684. The summed E-state index contributed by atoms with van der Waals surface area (Å²) in [6, 6.07) is 0. The Labute approximate surface area is 64.8 Å². The maximum absolute atomic E-state index is 10.1. The average Bonchev–Trinajstić information content (AvgIpc) is 1.61. The van der Waals surface area contributed by atoms with Crippen molar-refractivity contribution in [2.75, 3.05) is 6.61 Å². The molecule has 0 aromatic carbocycles. The zero-order valence-corrected chi connectivity index (χ0v) is 7.53. The van der Waals surface area contributed by atoms with Crippen LogP contribution in [0.3, 0.4) is 0 Å². The van der Waals surface area contributed by atoms with Crippen LogP contribution in [0, 0.1) is 0 Å². The fourth-order valence-electron chi connectivity index (χ4n) is 0.180. The molecular weight excluding hydrogens is 240 g/mol. The Morgan fingerprint density at radius 3 is 2.38 bits per heavy atom. The molecule has 8 heavy (non-hydrogen) atoms.